The van der Waals surface area contributed by atoms with Crippen molar-refractivity contribution in [2.45, 2.75) is 68.7 Å². The second-order valence-corrected chi connectivity index (χ2v) is 12.8. The zero-order valence-corrected chi connectivity index (χ0v) is 23.8. The highest BCUT2D eigenvalue weighted by Crippen LogP contribution is 2.55. The number of hydrogen-bond donors (Lipinski definition) is 1. The van der Waals surface area contributed by atoms with Gasteiger partial charge in [-0.1, -0.05) is 12.1 Å². The fourth-order valence-electron chi connectivity index (χ4n) is 7.22. The van der Waals surface area contributed by atoms with Crippen LogP contribution in [0.5, 0.6) is 0 Å². The third-order valence-corrected chi connectivity index (χ3v) is 9.56. The number of piperazine rings is 1. The molecule has 3 fully saturated rings. The lowest BCUT2D eigenvalue weighted by atomic mass is 9.60. The summed E-state index contributed by atoms with van der Waals surface area (Å²) in [6.45, 7) is 2.37. The maximum absolute atomic E-state index is 14.4. The van der Waals surface area contributed by atoms with Crippen molar-refractivity contribution in [2.75, 3.05) is 24.5 Å². The fourth-order valence-corrected chi connectivity index (χ4v) is 7.22. The molecule has 0 spiro atoms. The summed E-state index contributed by atoms with van der Waals surface area (Å²) in [7, 11) is 1.75. The number of amides is 1. The fraction of sp³-hybridized carbons (Fsp3) is 0.516. The lowest BCUT2D eigenvalue weighted by Crippen LogP contribution is -2.51. The van der Waals surface area contributed by atoms with E-state index < -0.39 is 29.0 Å². The van der Waals surface area contributed by atoms with Crippen LogP contribution in [0.3, 0.4) is 0 Å². The molecule has 43 heavy (non-hydrogen) atoms. The minimum atomic E-state index is -4.63. The molecule has 228 valence electrons. The molecule has 1 saturated heterocycles. The number of aryl methyl sites for hydroxylation is 1. The quantitative estimate of drug-likeness (QED) is 0.383. The van der Waals surface area contributed by atoms with Crippen molar-refractivity contribution in [3.8, 4) is 0 Å². The molecule has 0 unspecified atom stereocenters. The van der Waals surface area contributed by atoms with Gasteiger partial charge >= 0.3 is 6.18 Å². The van der Waals surface area contributed by atoms with Crippen LogP contribution in [0.4, 0.5) is 27.6 Å². The average Bonchev–Trinajstić information content (AvgIpc) is 3.65. The average molecular weight is 601 g/mol. The van der Waals surface area contributed by atoms with E-state index in [-0.39, 0.29) is 36.9 Å². The number of fused-ring (bicyclic) bond motifs is 1. The number of nitrogens with one attached hydrogen (secondary N) is 1. The highest BCUT2D eigenvalue weighted by molar-refractivity contribution is 6.10. The second kappa shape index (κ2) is 10.1. The van der Waals surface area contributed by atoms with E-state index in [0.717, 1.165) is 19.6 Å². The maximum atomic E-state index is 14.4. The topological polar surface area (TPSA) is 66.3 Å². The Morgan fingerprint density at radius 2 is 1.91 bits per heavy atom. The van der Waals surface area contributed by atoms with E-state index in [1.165, 1.54) is 30.1 Å². The molecule has 3 heterocycles. The monoisotopic (exact) mass is 600 g/mol. The predicted octanol–water partition coefficient (Wildman–Crippen LogP) is 5.09. The summed E-state index contributed by atoms with van der Waals surface area (Å²) in [5.74, 6) is -2.17. The number of halogens is 5. The molecule has 2 aromatic carbocycles. The number of carbonyl (C=O) groups excluding carboxylic acids is 1. The van der Waals surface area contributed by atoms with Crippen LogP contribution in [0, 0.1) is 5.92 Å². The number of nitrogens with zero attached hydrogens (tertiary/aromatic N) is 5. The zero-order valence-electron chi connectivity index (χ0n) is 23.8. The Kier molecular flexibility index (Phi) is 6.66. The highest BCUT2D eigenvalue weighted by atomic mass is 19.4. The van der Waals surface area contributed by atoms with Crippen molar-refractivity contribution in [2.24, 2.45) is 13.0 Å². The molecule has 2 aliphatic heterocycles. The van der Waals surface area contributed by atoms with Gasteiger partial charge in [-0.05, 0) is 59.7 Å². The Labute approximate surface area is 246 Å². The molecule has 7 nitrogen and oxygen atoms in total. The summed E-state index contributed by atoms with van der Waals surface area (Å²) in [6, 6.07) is 9.87. The van der Waals surface area contributed by atoms with Crippen molar-refractivity contribution in [1.82, 2.24) is 25.0 Å². The van der Waals surface area contributed by atoms with Gasteiger partial charge in [-0.25, -0.2) is 8.78 Å². The Balaban J connectivity index is 1.18. The summed E-state index contributed by atoms with van der Waals surface area (Å²) in [5.41, 5.74) is -0.274. The largest absolute Gasteiger partial charge is 0.416 e. The number of alkyl halides is 5. The molecule has 4 aliphatic rings. The normalized spacial score (nSPS) is 23.3. The molecule has 12 heteroatoms. The van der Waals surface area contributed by atoms with Crippen molar-refractivity contribution >= 4 is 11.6 Å². The summed E-state index contributed by atoms with van der Waals surface area (Å²) in [6.07, 6.45) is -1.31. The molecule has 1 amide bonds. The van der Waals surface area contributed by atoms with Crippen LogP contribution in [-0.2, 0) is 38.1 Å². The maximum Gasteiger partial charge on any atom is 0.416 e. The van der Waals surface area contributed by atoms with Gasteiger partial charge in [0.15, 0.2) is 0 Å². The van der Waals surface area contributed by atoms with Crippen LogP contribution in [0.25, 0.3) is 0 Å². The van der Waals surface area contributed by atoms with E-state index in [1.807, 2.05) is 0 Å². The van der Waals surface area contributed by atoms with Crippen molar-refractivity contribution in [3.05, 3.63) is 76.4 Å². The van der Waals surface area contributed by atoms with Crippen LogP contribution in [0.15, 0.2) is 42.7 Å². The standard InChI is InChI=1S/C31H33F5N6O/c1-40-18-38-39-27(40)12-29(16-30(32,33)17-29)21-3-2-4-22(11-21)42-14-24-23(28(42)43)9-19(10-25(24)31(34,35)36)13-41-8-7-37-26(15-41)20-5-6-20/h2-4,9-11,18,20,26,37H,5-8,12-17H2,1H3/t26-/m1/s1. The lowest BCUT2D eigenvalue weighted by molar-refractivity contribution is -0.138. The van der Waals surface area contributed by atoms with Crippen molar-refractivity contribution in [3.63, 3.8) is 0 Å². The van der Waals surface area contributed by atoms with Gasteiger partial charge in [0.2, 0.25) is 5.92 Å². The summed E-state index contributed by atoms with van der Waals surface area (Å²) in [4.78, 5) is 17.2. The summed E-state index contributed by atoms with van der Waals surface area (Å²) in [5, 5.41) is 11.5. The van der Waals surface area contributed by atoms with Gasteiger partial charge in [-0.3, -0.25) is 9.69 Å². The third-order valence-electron chi connectivity index (χ3n) is 9.56. The molecule has 2 aliphatic carbocycles. The van der Waals surface area contributed by atoms with Gasteiger partial charge in [-0.15, -0.1) is 10.2 Å². The molecular formula is C31H33F5N6O. The molecule has 0 bridgehead atoms. The number of benzene rings is 2. The Hall–Kier alpha value is -3.38. The SMILES string of the molecule is Cn1cnnc1CC1(c2cccc(N3Cc4c(cc(CN5CCN[C@@H](C6CC6)C5)cc4C(F)(F)F)C3=O)c2)CC(F)(F)C1. The third kappa shape index (κ3) is 5.32. The van der Waals surface area contributed by atoms with E-state index in [0.29, 0.717) is 41.1 Å². The molecule has 1 aromatic heterocycles. The van der Waals surface area contributed by atoms with Crippen LogP contribution < -0.4 is 10.2 Å². The molecule has 0 radical (unpaired) electrons. The molecular weight excluding hydrogens is 567 g/mol. The van der Waals surface area contributed by atoms with Gasteiger partial charge in [0, 0.05) is 75.2 Å². The first-order valence-corrected chi connectivity index (χ1v) is 14.7. The van der Waals surface area contributed by atoms with Gasteiger partial charge in [-0.2, -0.15) is 13.2 Å². The molecule has 1 N–H and O–H groups in total. The van der Waals surface area contributed by atoms with Crippen LogP contribution in [0.2, 0.25) is 0 Å². The van der Waals surface area contributed by atoms with E-state index >= 15 is 0 Å². The van der Waals surface area contributed by atoms with Gasteiger partial charge < -0.3 is 14.8 Å². The number of rotatable bonds is 7. The van der Waals surface area contributed by atoms with Crippen molar-refractivity contribution < 1.29 is 26.7 Å². The first-order valence-electron chi connectivity index (χ1n) is 14.7. The first-order chi connectivity index (χ1) is 20.4. The molecule has 7 rings (SSSR count). The minimum Gasteiger partial charge on any atom is -0.321 e. The minimum absolute atomic E-state index is 0.0491. The van der Waals surface area contributed by atoms with E-state index in [9.17, 15) is 26.7 Å². The second-order valence-electron chi connectivity index (χ2n) is 12.8. The van der Waals surface area contributed by atoms with Gasteiger partial charge in [0.25, 0.3) is 5.91 Å². The van der Waals surface area contributed by atoms with Gasteiger partial charge in [0.1, 0.15) is 12.2 Å². The molecule has 1 atom stereocenters. The summed E-state index contributed by atoms with van der Waals surface area (Å²) >= 11 is 0. The highest BCUT2D eigenvalue weighted by Gasteiger charge is 2.57. The zero-order chi connectivity index (χ0) is 30.1. The Bertz CT molecular complexity index is 1560. The molecule has 2 saturated carbocycles. The number of hydrogen-bond acceptors (Lipinski definition) is 5. The Morgan fingerprint density at radius 1 is 1.12 bits per heavy atom. The lowest BCUT2D eigenvalue weighted by Gasteiger charge is -2.48. The van der Waals surface area contributed by atoms with E-state index in [1.54, 1.807) is 41.9 Å². The molecule has 3 aromatic rings. The predicted molar refractivity (Wildman–Crippen MR) is 149 cm³/mol. The van der Waals surface area contributed by atoms with Crippen LogP contribution in [-0.4, -0.2) is 57.2 Å². The smallest absolute Gasteiger partial charge is 0.321 e. The number of carbonyl (C=O) groups is 1. The Morgan fingerprint density at radius 3 is 2.58 bits per heavy atom. The van der Waals surface area contributed by atoms with Gasteiger partial charge in [0.05, 0.1) is 12.1 Å². The van der Waals surface area contributed by atoms with Crippen molar-refractivity contribution in [1.29, 1.82) is 0 Å². The van der Waals surface area contributed by atoms with E-state index in [4.69, 9.17) is 0 Å². The first kappa shape index (κ1) is 28.4. The van der Waals surface area contributed by atoms with E-state index in [2.05, 4.69) is 20.4 Å². The number of anilines is 1. The summed E-state index contributed by atoms with van der Waals surface area (Å²) < 4.78 is 73.3. The van der Waals surface area contributed by atoms with Crippen LogP contribution >= 0.6 is 0 Å². The number of aromatic nitrogens is 3. The van der Waals surface area contributed by atoms with Crippen LogP contribution in [0.1, 0.15) is 64.1 Å².